The highest BCUT2D eigenvalue weighted by Crippen LogP contribution is 2.24. The van der Waals surface area contributed by atoms with Gasteiger partial charge < -0.3 is 15.7 Å². The van der Waals surface area contributed by atoms with Crippen LogP contribution < -0.4 is 10.6 Å². The third kappa shape index (κ3) is 3.49. The monoisotopic (exact) mass is 268 g/mol. The van der Waals surface area contributed by atoms with E-state index in [2.05, 4.69) is 6.58 Å². The van der Waals surface area contributed by atoms with E-state index < -0.39 is 11.9 Å². The summed E-state index contributed by atoms with van der Waals surface area (Å²) in [6, 6.07) is 4.55. The molecule has 1 aromatic carbocycles. The van der Waals surface area contributed by atoms with Gasteiger partial charge in [0.05, 0.1) is 11.3 Å². The van der Waals surface area contributed by atoms with Gasteiger partial charge in [-0.2, -0.15) is 0 Å². The van der Waals surface area contributed by atoms with Crippen molar-refractivity contribution >= 4 is 29.2 Å². The topological polar surface area (TPSA) is 83.6 Å². The number of carbonyl (C=O) groups excluding carboxylic acids is 1. The zero-order valence-corrected chi connectivity index (χ0v) is 10.4. The number of nitrogens with two attached hydrogens (primary N) is 1. The first-order valence-electron chi connectivity index (χ1n) is 5.12. The summed E-state index contributed by atoms with van der Waals surface area (Å²) >= 11 is 5.79. The van der Waals surface area contributed by atoms with Gasteiger partial charge in [0.25, 0.3) is 5.91 Å². The van der Waals surface area contributed by atoms with E-state index in [4.69, 9.17) is 22.4 Å². The van der Waals surface area contributed by atoms with Gasteiger partial charge in [-0.25, -0.2) is 0 Å². The third-order valence-corrected chi connectivity index (χ3v) is 2.48. The first-order valence-corrected chi connectivity index (χ1v) is 5.50. The Morgan fingerprint density at radius 2 is 2.17 bits per heavy atom. The van der Waals surface area contributed by atoms with Gasteiger partial charge in [-0.05, 0) is 18.2 Å². The molecule has 0 saturated heterocycles. The molecule has 1 amide bonds. The molecule has 0 aliphatic carbocycles. The molecule has 96 valence electrons. The molecule has 0 aliphatic heterocycles. The number of nitrogens with zero attached hydrogens (tertiary/aromatic N) is 1. The highest BCUT2D eigenvalue weighted by Gasteiger charge is 2.16. The van der Waals surface area contributed by atoms with Crippen molar-refractivity contribution in [2.75, 3.05) is 18.0 Å². The standard InChI is InChI=1S/C12H13ClN2O3/c1-2-5-15(7-11(16)17)10-4-3-8(13)6-9(10)12(14)18/h2-4,6H,1,5,7H2,(H2,14,18)(H,16,17). The Balaban J connectivity index is 3.21. The summed E-state index contributed by atoms with van der Waals surface area (Å²) in [4.78, 5) is 23.6. The lowest BCUT2D eigenvalue weighted by Gasteiger charge is -2.23. The van der Waals surface area contributed by atoms with E-state index in [-0.39, 0.29) is 18.7 Å². The second-order valence-electron chi connectivity index (χ2n) is 3.59. The number of primary amides is 1. The van der Waals surface area contributed by atoms with E-state index in [1.807, 2.05) is 0 Å². The smallest absolute Gasteiger partial charge is 0.323 e. The molecule has 0 unspecified atom stereocenters. The average Bonchev–Trinajstić information content (AvgIpc) is 2.27. The van der Waals surface area contributed by atoms with Crippen molar-refractivity contribution in [2.24, 2.45) is 5.73 Å². The molecular formula is C12H13ClN2O3. The number of aliphatic carboxylic acids is 1. The number of hydrogen-bond donors (Lipinski definition) is 2. The fraction of sp³-hybridized carbons (Fsp3) is 0.167. The zero-order valence-electron chi connectivity index (χ0n) is 9.60. The molecule has 0 fully saturated rings. The van der Waals surface area contributed by atoms with Crippen LogP contribution >= 0.6 is 11.6 Å². The quantitative estimate of drug-likeness (QED) is 0.766. The minimum atomic E-state index is -1.01. The van der Waals surface area contributed by atoms with Crippen LogP contribution in [0.15, 0.2) is 30.9 Å². The van der Waals surface area contributed by atoms with Gasteiger partial charge in [-0.15, -0.1) is 6.58 Å². The summed E-state index contributed by atoms with van der Waals surface area (Å²) in [6.07, 6.45) is 1.54. The molecule has 0 saturated carbocycles. The second-order valence-corrected chi connectivity index (χ2v) is 4.03. The lowest BCUT2D eigenvalue weighted by molar-refractivity contribution is -0.135. The third-order valence-electron chi connectivity index (χ3n) is 2.24. The van der Waals surface area contributed by atoms with Crippen molar-refractivity contribution in [3.8, 4) is 0 Å². The van der Waals surface area contributed by atoms with Crippen LogP contribution in [0.3, 0.4) is 0 Å². The van der Waals surface area contributed by atoms with E-state index in [0.717, 1.165) is 0 Å². The average molecular weight is 269 g/mol. The molecular weight excluding hydrogens is 256 g/mol. The van der Waals surface area contributed by atoms with Crippen molar-refractivity contribution in [3.05, 3.63) is 41.4 Å². The summed E-state index contributed by atoms with van der Waals surface area (Å²) in [5, 5.41) is 9.20. The van der Waals surface area contributed by atoms with Crippen LogP contribution in [0.25, 0.3) is 0 Å². The molecule has 0 aromatic heterocycles. The highest BCUT2D eigenvalue weighted by molar-refractivity contribution is 6.31. The van der Waals surface area contributed by atoms with Gasteiger partial charge in [-0.3, -0.25) is 9.59 Å². The van der Waals surface area contributed by atoms with Crippen molar-refractivity contribution in [1.29, 1.82) is 0 Å². The Kier molecular flexibility index (Phi) is 4.74. The van der Waals surface area contributed by atoms with Gasteiger partial charge in [0.15, 0.2) is 0 Å². The van der Waals surface area contributed by atoms with Crippen molar-refractivity contribution in [3.63, 3.8) is 0 Å². The number of rotatable bonds is 6. The van der Waals surface area contributed by atoms with Crippen molar-refractivity contribution in [2.45, 2.75) is 0 Å². The summed E-state index contributed by atoms with van der Waals surface area (Å²) in [6.45, 7) is 3.58. The zero-order chi connectivity index (χ0) is 13.7. The number of carboxylic acids is 1. The number of benzene rings is 1. The van der Waals surface area contributed by atoms with Crippen LogP contribution in [-0.2, 0) is 4.79 Å². The minimum Gasteiger partial charge on any atom is -0.480 e. The largest absolute Gasteiger partial charge is 0.480 e. The van der Waals surface area contributed by atoms with E-state index >= 15 is 0 Å². The fourth-order valence-corrected chi connectivity index (χ4v) is 1.72. The Labute approximate surface area is 109 Å². The molecule has 0 aliphatic rings. The SMILES string of the molecule is C=CCN(CC(=O)O)c1ccc(Cl)cc1C(N)=O. The van der Waals surface area contributed by atoms with Crippen molar-refractivity contribution < 1.29 is 14.7 Å². The lowest BCUT2D eigenvalue weighted by atomic mass is 10.1. The maximum absolute atomic E-state index is 11.3. The van der Waals surface area contributed by atoms with Crippen LogP contribution in [0.1, 0.15) is 10.4 Å². The van der Waals surface area contributed by atoms with Crippen LogP contribution in [0, 0.1) is 0 Å². The molecule has 0 atom stereocenters. The molecule has 0 heterocycles. The summed E-state index contributed by atoms with van der Waals surface area (Å²) in [5.74, 6) is -1.67. The van der Waals surface area contributed by atoms with Crippen LogP contribution in [-0.4, -0.2) is 30.1 Å². The van der Waals surface area contributed by atoms with Crippen LogP contribution in [0.5, 0.6) is 0 Å². The van der Waals surface area contributed by atoms with E-state index in [0.29, 0.717) is 10.7 Å². The molecule has 1 aromatic rings. The van der Waals surface area contributed by atoms with Gasteiger partial charge in [-0.1, -0.05) is 17.7 Å². The fourth-order valence-electron chi connectivity index (χ4n) is 1.55. The van der Waals surface area contributed by atoms with Crippen LogP contribution in [0.4, 0.5) is 5.69 Å². The van der Waals surface area contributed by atoms with Gasteiger partial charge >= 0.3 is 5.97 Å². The molecule has 0 bridgehead atoms. The number of carbonyl (C=O) groups is 2. The number of anilines is 1. The van der Waals surface area contributed by atoms with E-state index in [1.54, 1.807) is 18.2 Å². The Morgan fingerprint density at radius 1 is 1.50 bits per heavy atom. The minimum absolute atomic E-state index is 0.186. The Morgan fingerprint density at radius 3 is 2.67 bits per heavy atom. The normalized spacial score (nSPS) is 9.83. The Bertz CT molecular complexity index is 488. The highest BCUT2D eigenvalue weighted by atomic mass is 35.5. The van der Waals surface area contributed by atoms with E-state index in [1.165, 1.54) is 11.0 Å². The molecule has 5 nitrogen and oxygen atoms in total. The second kappa shape index (κ2) is 6.07. The molecule has 0 spiro atoms. The number of carboxylic acid groups (broad SMARTS) is 1. The van der Waals surface area contributed by atoms with Gasteiger partial charge in [0, 0.05) is 11.6 Å². The predicted molar refractivity (Wildman–Crippen MR) is 70.0 cm³/mol. The maximum atomic E-state index is 11.3. The molecule has 18 heavy (non-hydrogen) atoms. The Hall–Kier alpha value is -2.01. The van der Waals surface area contributed by atoms with Gasteiger partial charge in [0.1, 0.15) is 6.54 Å². The molecule has 1 rings (SSSR count). The van der Waals surface area contributed by atoms with Crippen molar-refractivity contribution in [1.82, 2.24) is 0 Å². The summed E-state index contributed by atoms with van der Waals surface area (Å²) < 4.78 is 0. The number of halogens is 1. The lowest BCUT2D eigenvalue weighted by Crippen LogP contribution is -2.31. The molecule has 6 heteroatoms. The van der Waals surface area contributed by atoms with Gasteiger partial charge in [0.2, 0.25) is 0 Å². The molecule has 0 radical (unpaired) electrons. The first-order chi connectivity index (χ1) is 8.45. The molecule has 3 N–H and O–H groups in total. The maximum Gasteiger partial charge on any atom is 0.323 e. The number of hydrogen-bond acceptors (Lipinski definition) is 3. The predicted octanol–water partition coefficient (Wildman–Crippen LogP) is 1.52. The summed E-state index contributed by atoms with van der Waals surface area (Å²) in [5.41, 5.74) is 5.86. The first kappa shape index (κ1) is 14.1. The summed E-state index contributed by atoms with van der Waals surface area (Å²) in [7, 11) is 0. The van der Waals surface area contributed by atoms with E-state index in [9.17, 15) is 9.59 Å². The van der Waals surface area contributed by atoms with Crippen LogP contribution in [0.2, 0.25) is 5.02 Å². The number of amides is 1.